The summed E-state index contributed by atoms with van der Waals surface area (Å²) in [6, 6.07) is 17.1. The molecule has 0 bridgehead atoms. The Labute approximate surface area is 142 Å². The number of hydrogen-bond donors (Lipinski definition) is 0. The molecule has 1 aliphatic heterocycles. The number of morpholine rings is 1. The molecule has 1 aromatic heterocycles. The summed E-state index contributed by atoms with van der Waals surface area (Å²) in [4.78, 5) is 6.96. The summed E-state index contributed by atoms with van der Waals surface area (Å²) < 4.78 is 7.54. The van der Waals surface area contributed by atoms with E-state index in [1.165, 1.54) is 17.7 Å². The predicted molar refractivity (Wildman–Crippen MR) is 96.7 cm³/mol. The molecule has 0 saturated carbocycles. The predicted octanol–water partition coefficient (Wildman–Crippen LogP) is 3.29. The van der Waals surface area contributed by atoms with Gasteiger partial charge in [-0.2, -0.15) is 0 Å². The minimum absolute atomic E-state index is 0.882. The van der Waals surface area contributed by atoms with Gasteiger partial charge in [0.2, 0.25) is 0 Å². The maximum Gasteiger partial charge on any atom is 0.100 e. The van der Waals surface area contributed by atoms with Crippen LogP contribution in [0.1, 0.15) is 12.0 Å². The van der Waals surface area contributed by atoms with Gasteiger partial charge in [0.05, 0.1) is 24.2 Å². The number of imidazole rings is 1. The topological polar surface area (TPSA) is 30.3 Å². The average molecular weight is 321 g/mol. The van der Waals surface area contributed by atoms with Crippen LogP contribution >= 0.6 is 0 Å². The molecule has 0 spiro atoms. The number of benzene rings is 2. The van der Waals surface area contributed by atoms with Gasteiger partial charge in [-0.05, 0) is 49.2 Å². The lowest BCUT2D eigenvalue weighted by Gasteiger charge is -2.26. The van der Waals surface area contributed by atoms with Gasteiger partial charge < -0.3 is 4.74 Å². The van der Waals surface area contributed by atoms with Crippen LogP contribution in [0.15, 0.2) is 54.9 Å². The number of ether oxygens (including phenoxy) is 1. The van der Waals surface area contributed by atoms with Gasteiger partial charge in [-0.25, -0.2) is 4.98 Å². The minimum Gasteiger partial charge on any atom is -0.379 e. The van der Waals surface area contributed by atoms with E-state index in [1.54, 1.807) is 0 Å². The molecule has 4 nitrogen and oxygen atoms in total. The van der Waals surface area contributed by atoms with E-state index in [4.69, 9.17) is 4.74 Å². The lowest BCUT2D eigenvalue weighted by atomic mass is 10.1. The zero-order valence-electron chi connectivity index (χ0n) is 13.9. The lowest BCUT2D eigenvalue weighted by Crippen LogP contribution is -2.36. The molecule has 0 atom stereocenters. The van der Waals surface area contributed by atoms with Gasteiger partial charge in [0, 0.05) is 18.8 Å². The van der Waals surface area contributed by atoms with Crippen LogP contribution in [0.2, 0.25) is 0 Å². The highest BCUT2D eigenvalue weighted by atomic mass is 16.5. The molecule has 0 aliphatic carbocycles. The Morgan fingerprint density at radius 3 is 2.58 bits per heavy atom. The molecule has 0 amide bonds. The second kappa shape index (κ2) is 7.16. The summed E-state index contributed by atoms with van der Waals surface area (Å²) in [5, 5.41) is 0. The Morgan fingerprint density at radius 2 is 1.75 bits per heavy atom. The minimum atomic E-state index is 0.882. The van der Waals surface area contributed by atoms with E-state index in [2.05, 4.69) is 50.8 Å². The fourth-order valence-electron chi connectivity index (χ4n) is 3.32. The van der Waals surface area contributed by atoms with Crippen LogP contribution in [0.25, 0.3) is 16.7 Å². The highest BCUT2D eigenvalue weighted by Crippen LogP contribution is 2.18. The van der Waals surface area contributed by atoms with Crippen LogP contribution in [-0.4, -0.2) is 47.3 Å². The number of aromatic nitrogens is 2. The summed E-state index contributed by atoms with van der Waals surface area (Å²) in [6.45, 7) is 5.08. The zero-order valence-corrected chi connectivity index (χ0v) is 13.9. The Kier molecular flexibility index (Phi) is 4.58. The summed E-state index contributed by atoms with van der Waals surface area (Å²) in [5.74, 6) is 0. The molecule has 1 saturated heterocycles. The quantitative estimate of drug-likeness (QED) is 0.722. The van der Waals surface area contributed by atoms with E-state index in [-0.39, 0.29) is 0 Å². The number of aryl methyl sites for hydroxylation is 1. The van der Waals surface area contributed by atoms with E-state index in [1.807, 2.05) is 18.5 Å². The van der Waals surface area contributed by atoms with Crippen molar-refractivity contribution in [3.05, 3.63) is 60.4 Å². The van der Waals surface area contributed by atoms with E-state index in [9.17, 15) is 0 Å². The monoisotopic (exact) mass is 321 g/mol. The van der Waals surface area contributed by atoms with Crippen molar-refractivity contribution in [2.24, 2.45) is 0 Å². The van der Waals surface area contributed by atoms with Gasteiger partial charge in [-0.15, -0.1) is 0 Å². The SMILES string of the molecule is c1ccc2c(c1)ncn2-c1ccc(CCCN2CCOCC2)cc1. The molecule has 1 fully saturated rings. The fourth-order valence-corrected chi connectivity index (χ4v) is 3.32. The van der Waals surface area contributed by atoms with Gasteiger partial charge in [-0.1, -0.05) is 24.3 Å². The number of hydrogen-bond acceptors (Lipinski definition) is 3. The molecular formula is C20H23N3O. The van der Waals surface area contributed by atoms with Gasteiger partial charge in [-0.3, -0.25) is 9.47 Å². The molecular weight excluding hydrogens is 298 g/mol. The number of nitrogens with zero attached hydrogens (tertiary/aromatic N) is 3. The smallest absolute Gasteiger partial charge is 0.100 e. The van der Waals surface area contributed by atoms with Crippen molar-refractivity contribution < 1.29 is 4.74 Å². The standard InChI is InChI=1S/C20H23N3O/c1-2-6-20-19(5-1)21-16-23(20)18-9-7-17(8-10-18)4-3-11-22-12-14-24-15-13-22/h1-2,5-10,16H,3-4,11-15H2. The largest absolute Gasteiger partial charge is 0.379 e. The molecule has 0 radical (unpaired) electrons. The second-order valence-electron chi connectivity index (χ2n) is 6.33. The first-order valence-corrected chi connectivity index (χ1v) is 8.72. The number of rotatable bonds is 5. The molecule has 4 heteroatoms. The van der Waals surface area contributed by atoms with E-state index in [0.29, 0.717) is 0 Å². The van der Waals surface area contributed by atoms with Crippen LogP contribution in [0, 0.1) is 0 Å². The normalized spacial score (nSPS) is 15.8. The highest BCUT2D eigenvalue weighted by molar-refractivity contribution is 5.77. The van der Waals surface area contributed by atoms with Gasteiger partial charge in [0.15, 0.2) is 0 Å². The van der Waals surface area contributed by atoms with Crippen molar-refractivity contribution in [3.63, 3.8) is 0 Å². The van der Waals surface area contributed by atoms with Crippen molar-refractivity contribution >= 4 is 11.0 Å². The summed E-state index contributed by atoms with van der Waals surface area (Å²) in [5.41, 5.74) is 4.75. The first-order valence-electron chi connectivity index (χ1n) is 8.72. The van der Waals surface area contributed by atoms with Crippen LogP contribution in [0.5, 0.6) is 0 Å². The Bertz CT molecular complexity index is 788. The second-order valence-corrected chi connectivity index (χ2v) is 6.33. The number of para-hydroxylation sites is 2. The first-order chi connectivity index (χ1) is 11.9. The van der Waals surface area contributed by atoms with E-state index in [0.717, 1.165) is 50.3 Å². The third kappa shape index (κ3) is 3.35. The molecule has 0 N–H and O–H groups in total. The third-order valence-electron chi connectivity index (χ3n) is 4.71. The van der Waals surface area contributed by atoms with Gasteiger partial charge >= 0.3 is 0 Å². The Hall–Kier alpha value is -2.17. The van der Waals surface area contributed by atoms with Crippen molar-refractivity contribution in [1.82, 2.24) is 14.5 Å². The van der Waals surface area contributed by atoms with Crippen LogP contribution in [0.4, 0.5) is 0 Å². The lowest BCUT2D eigenvalue weighted by molar-refractivity contribution is 0.0375. The van der Waals surface area contributed by atoms with Gasteiger partial charge in [0.25, 0.3) is 0 Å². The molecule has 2 aromatic carbocycles. The molecule has 4 rings (SSSR count). The summed E-state index contributed by atoms with van der Waals surface area (Å²) in [6.07, 6.45) is 4.23. The molecule has 2 heterocycles. The van der Waals surface area contributed by atoms with Crippen LogP contribution in [-0.2, 0) is 11.2 Å². The Balaban J connectivity index is 1.39. The number of fused-ring (bicyclic) bond motifs is 1. The van der Waals surface area contributed by atoms with Crippen molar-refractivity contribution in [2.45, 2.75) is 12.8 Å². The summed E-state index contributed by atoms with van der Waals surface area (Å²) in [7, 11) is 0. The zero-order chi connectivity index (χ0) is 16.2. The average Bonchev–Trinajstić information content (AvgIpc) is 3.07. The van der Waals surface area contributed by atoms with Crippen LogP contribution < -0.4 is 0 Å². The fraction of sp³-hybridized carbons (Fsp3) is 0.350. The van der Waals surface area contributed by atoms with Crippen molar-refractivity contribution in [2.75, 3.05) is 32.8 Å². The van der Waals surface area contributed by atoms with Crippen molar-refractivity contribution in [1.29, 1.82) is 0 Å². The first kappa shape index (κ1) is 15.4. The van der Waals surface area contributed by atoms with E-state index >= 15 is 0 Å². The summed E-state index contributed by atoms with van der Waals surface area (Å²) >= 11 is 0. The molecule has 1 aliphatic rings. The molecule has 3 aromatic rings. The molecule has 24 heavy (non-hydrogen) atoms. The highest BCUT2D eigenvalue weighted by Gasteiger charge is 2.09. The van der Waals surface area contributed by atoms with Crippen molar-refractivity contribution in [3.8, 4) is 5.69 Å². The molecule has 124 valence electrons. The van der Waals surface area contributed by atoms with Gasteiger partial charge in [0.1, 0.15) is 6.33 Å². The van der Waals surface area contributed by atoms with Crippen LogP contribution in [0.3, 0.4) is 0 Å². The van der Waals surface area contributed by atoms with E-state index < -0.39 is 0 Å². The third-order valence-corrected chi connectivity index (χ3v) is 4.71. The Morgan fingerprint density at radius 1 is 0.958 bits per heavy atom. The molecule has 0 unspecified atom stereocenters. The maximum atomic E-state index is 5.39. The maximum absolute atomic E-state index is 5.39.